The highest BCUT2D eigenvalue weighted by atomic mass is 14.2. The third-order valence-electron chi connectivity index (χ3n) is 3.14. The van der Waals surface area contributed by atoms with Crippen molar-refractivity contribution in [2.75, 3.05) is 0 Å². The lowest BCUT2D eigenvalue weighted by molar-refractivity contribution is 0.530. The zero-order valence-corrected chi connectivity index (χ0v) is 9.03. The minimum Gasteiger partial charge on any atom is -0.0958 e. The lowest BCUT2D eigenvalue weighted by Gasteiger charge is -2.26. The van der Waals surface area contributed by atoms with E-state index >= 15 is 0 Å². The molecule has 2 aliphatic rings. The molecule has 0 spiro atoms. The summed E-state index contributed by atoms with van der Waals surface area (Å²) in [6.07, 6.45) is 12.6. The fourth-order valence-corrected chi connectivity index (χ4v) is 2.12. The fourth-order valence-electron chi connectivity index (χ4n) is 2.12. The van der Waals surface area contributed by atoms with Crippen molar-refractivity contribution < 1.29 is 0 Å². The molecule has 0 nitrogen and oxygen atoms in total. The molecule has 74 valence electrons. The second-order valence-electron chi connectivity index (χ2n) is 4.68. The molecular weight excluding hydrogens is 168 g/mol. The molecule has 0 aliphatic heterocycles. The van der Waals surface area contributed by atoms with Gasteiger partial charge in [0.25, 0.3) is 0 Å². The van der Waals surface area contributed by atoms with Crippen LogP contribution in [0.2, 0.25) is 0 Å². The Hall–Kier alpha value is -1.04. The second-order valence-corrected chi connectivity index (χ2v) is 4.68. The molecule has 2 aliphatic carbocycles. The first-order valence-electron chi connectivity index (χ1n) is 5.42. The molecule has 0 aromatic heterocycles. The molecule has 0 radical (unpaired) electrons. The number of hydrogen-bond acceptors (Lipinski definition) is 0. The first-order chi connectivity index (χ1) is 6.66. The lowest BCUT2D eigenvalue weighted by Crippen LogP contribution is -2.14. The zero-order chi connectivity index (χ0) is 10.1. The van der Waals surface area contributed by atoms with E-state index in [1.165, 1.54) is 11.1 Å². The largest absolute Gasteiger partial charge is 0.0958 e. The van der Waals surface area contributed by atoms with E-state index in [0.29, 0.717) is 17.8 Å². The summed E-state index contributed by atoms with van der Waals surface area (Å²) in [5.74, 6) is 1.93. The van der Waals surface area contributed by atoms with E-state index in [1.54, 1.807) is 0 Å². The van der Waals surface area contributed by atoms with E-state index in [9.17, 15) is 0 Å². The smallest absolute Gasteiger partial charge is 0.00554 e. The van der Waals surface area contributed by atoms with Gasteiger partial charge in [0.2, 0.25) is 0 Å². The Kier molecular flexibility index (Phi) is 2.45. The molecule has 0 fully saturated rings. The summed E-state index contributed by atoms with van der Waals surface area (Å²) < 4.78 is 0. The van der Waals surface area contributed by atoms with Crippen molar-refractivity contribution in [3.8, 4) is 0 Å². The lowest BCUT2D eigenvalue weighted by atomic mass is 9.78. The summed E-state index contributed by atoms with van der Waals surface area (Å²) in [6.45, 7) is 8.56. The number of allylic oxidation sites excluding steroid dienone is 7. The fraction of sp³-hybridized carbons (Fsp3) is 0.429. The van der Waals surface area contributed by atoms with E-state index in [2.05, 4.69) is 50.8 Å². The highest BCUT2D eigenvalue weighted by Crippen LogP contribution is 2.34. The van der Waals surface area contributed by atoms with Crippen molar-refractivity contribution in [3.63, 3.8) is 0 Å². The Morgan fingerprint density at radius 1 is 1.29 bits per heavy atom. The van der Waals surface area contributed by atoms with Crippen LogP contribution in [0.4, 0.5) is 0 Å². The van der Waals surface area contributed by atoms with Crippen molar-refractivity contribution in [1.29, 1.82) is 0 Å². The van der Waals surface area contributed by atoms with Crippen molar-refractivity contribution in [2.24, 2.45) is 17.8 Å². The minimum atomic E-state index is 0.600. The molecule has 0 bridgehead atoms. The molecule has 0 amide bonds. The van der Waals surface area contributed by atoms with Gasteiger partial charge in [-0.25, -0.2) is 0 Å². The number of hydrogen-bond donors (Lipinski definition) is 0. The molecule has 0 aromatic rings. The monoisotopic (exact) mass is 186 g/mol. The van der Waals surface area contributed by atoms with E-state index in [1.807, 2.05) is 0 Å². The van der Waals surface area contributed by atoms with Crippen molar-refractivity contribution in [3.05, 3.63) is 48.1 Å². The average Bonchev–Trinajstić information content (AvgIpc) is 2.16. The van der Waals surface area contributed by atoms with Gasteiger partial charge in [-0.3, -0.25) is 0 Å². The Balaban J connectivity index is 2.24. The van der Waals surface area contributed by atoms with Crippen LogP contribution in [0.15, 0.2) is 48.1 Å². The third kappa shape index (κ3) is 1.75. The minimum absolute atomic E-state index is 0.600. The predicted octanol–water partition coefficient (Wildman–Crippen LogP) is 3.89. The maximum Gasteiger partial charge on any atom is 0.00554 e. The Morgan fingerprint density at radius 2 is 2.07 bits per heavy atom. The van der Waals surface area contributed by atoms with Crippen LogP contribution < -0.4 is 0 Å². The van der Waals surface area contributed by atoms with Crippen molar-refractivity contribution in [2.45, 2.75) is 20.3 Å². The molecule has 0 saturated carbocycles. The Morgan fingerprint density at radius 3 is 2.79 bits per heavy atom. The topological polar surface area (TPSA) is 0 Å². The van der Waals surface area contributed by atoms with Gasteiger partial charge in [0.1, 0.15) is 0 Å². The van der Waals surface area contributed by atoms with E-state index < -0.39 is 0 Å². The van der Waals surface area contributed by atoms with Gasteiger partial charge in [-0.1, -0.05) is 56.4 Å². The highest BCUT2D eigenvalue weighted by Gasteiger charge is 2.20. The molecule has 0 saturated heterocycles. The predicted molar refractivity (Wildman–Crippen MR) is 61.9 cm³/mol. The summed E-state index contributed by atoms with van der Waals surface area (Å²) in [5, 5.41) is 0. The molecule has 2 unspecified atom stereocenters. The van der Waals surface area contributed by atoms with Crippen LogP contribution in [0.1, 0.15) is 20.3 Å². The molecule has 14 heavy (non-hydrogen) atoms. The molecule has 0 aromatic carbocycles. The van der Waals surface area contributed by atoms with Gasteiger partial charge in [-0.15, -0.1) is 0 Å². The van der Waals surface area contributed by atoms with Crippen LogP contribution in [0.3, 0.4) is 0 Å². The van der Waals surface area contributed by atoms with Gasteiger partial charge >= 0.3 is 0 Å². The summed E-state index contributed by atoms with van der Waals surface area (Å²) >= 11 is 0. The van der Waals surface area contributed by atoms with Crippen LogP contribution in [0, 0.1) is 17.8 Å². The van der Waals surface area contributed by atoms with Crippen molar-refractivity contribution >= 4 is 0 Å². The van der Waals surface area contributed by atoms with Gasteiger partial charge in [0.05, 0.1) is 0 Å². The van der Waals surface area contributed by atoms with Crippen molar-refractivity contribution in [1.82, 2.24) is 0 Å². The molecule has 0 N–H and O–H groups in total. The summed E-state index contributed by atoms with van der Waals surface area (Å²) in [6, 6.07) is 0. The first kappa shape index (κ1) is 9.51. The highest BCUT2D eigenvalue weighted by molar-refractivity contribution is 5.40. The summed E-state index contributed by atoms with van der Waals surface area (Å²) in [7, 11) is 0. The average molecular weight is 186 g/mol. The van der Waals surface area contributed by atoms with Gasteiger partial charge in [-0.05, 0) is 23.8 Å². The normalized spacial score (nSPS) is 30.5. The second kappa shape index (κ2) is 3.61. The van der Waals surface area contributed by atoms with Gasteiger partial charge < -0.3 is 0 Å². The Bertz CT molecular complexity index is 326. The standard InChI is InChI=1S/C14H18/c1-10(2)12-6-7-13-8-11(3)4-5-14(13)9-12/h4-7,9-10,12-13H,3,8H2,1-2H3. The molecular formula is C14H18. The first-order valence-corrected chi connectivity index (χ1v) is 5.42. The number of rotatable bonds is 1. The van der Waals surface area contributed by atoms with Gasteiger partial charge in [0.15, 0.2) is 0 Å². The Labute approximate surface area is 86.7 Å². The van der Waals surface area contributed by atoms with E-state index in [0.717, 1.165) is 6.42 Å². The van der Waals surface area contributed by atoms with E-state index in [-0.39, 0.29) is 0 Å². The molecule has 0 heterocycles. The number of fused-ring (bicyclic) bond motifs is 1. The summed E-state index contributed by atoms with van der Waals surface area (Å²) in [4.78, 5) is 0. The quantitative estimate of drug-likeness (QED) is 0.545. The van der Waals surface area contributed by atoms with Crippen LogP contribution in [-0.4, -0.2) is 0 Å². The third-order valence-corrected chi connectivity index (χ3v) is 3.14. The van der Waals surface area contributed by atoms with Crippen LogP contribution in [0.5, 0.6) is 0 Å². The van der Waals surface area contributed by atoms with Gasteiger partial charge in [0, 0.05) is 5.92 Å². The van der Waals surface area contributed by atoms with Crippen LogP contribution in [0.25, 0.3) is 0 Å². The zero-order valence-electron chi connectivity index (χ0n) is 9.03. The molecule has 2 rings (SSSR count). The van der Waals surface area contributed by atoms with Crippen LogP contribution in [-0.2, 0) is 0 Å². The SMILES string of the molecule is C=C1C=CC2=CC(C(C)C)C=CC2C1. The molecule has 2 atom stereocenters. The maximum absolute atomic E-state index is 4.01. The maximum atomic E-state index is 4.01. The van der Waals surface area contributed by atoms with Crippen LogP contribution >= 0.6 is 0 Å². The molecule has 0 heteroatoms. The van der Waals surface area contributed by atoms with Gasteiger partial charge in [-0.2, -0.15) is 0 Å². The van der Waals surface area contributed by atoms with E-state index in [4.69, 9.17) is 0 Å². The summed E-state index contributed by atoms with van der Waals surface area (Å²) in [5.41, 5.74) is 2.73.